The maximum absolute atomic E-state index is 14.0. The molecule has 2 aromatic heterocycles. The summed E-state index contributed by atoms with van der Waals surface area (Å²) in [5.41, 5.74) is 2.43. The molecule has 4 aromatic rings. The van der Waals surface area contributed by atoms with Gasteiger partial charge >= 0.3 is 0 Å². The molecule has 0 aliphatic carbocycles. The van der Waals surface area contributed by atoms with Crippen LogP contribution in [0, 0.1) is 5.82 Å². The highest BCUT2D eigenvalue weighted by molar-refractivity contribution is 7.98. The molecule has 7 heteroatoms. The Kier molecular flexibility index (Phi) is 5.86. The van der Waals surface area contributed by atoms with Crippen LogP contribution in [0.4, 0.5) is 4.39 Å². The van der Waals surface area contributed by atoms with Crippen LogP contribution >= 0.6 is 11.8 Å². The maximum atomic E-state index is 14.0. The molecule has 0 fully saturated rings. The van der Waals surface area contributed by atoms with Crippen LogP contribution in [0.1, 0.15) is 12.5 Å². The number of aromatic nitrogens is 4. The minimum atomic E-state index is -0.221. The first-order valence-electron chi connectivity index (χ1n) is 9.21. The number of halogens is 1. The molecule has 0 radical (unpaired) electrons. The molecule has 0 aliphatic rings. The second-order valence-electron chi connectivity index (χ2n) is 6.18. The van der Waals surface area contributed by atoms with Gasteiger partial charge in [0.25, 0.3) is 0 Å². The zero-order chi connectivity index (χ0) is 20.1. The number of hydrogen-bond acceptors (Lipinski definition) is 5. The van der Waals surface area contributed by atoms with E-state index in [1.165, 1.54) is 17.8 Å². The Morgan fingerprint density at radius 3 is 2.45 bits per heavy atom. The zero-order valence-corrected chi connectivity index (χ0v) is 16.6. The third-order valence-corrected chi connectivity index (χ3v) is 5.27. The number of pyridine rings is 1. The highest BCUT2D eigenvalue weighted by Crippen LogP contribution is 2.30. The summed E-state index contributed by atoms with van der Waals surface area (Å²) in [6.07, 6.45) is 3.44. The van der Waals surface area contributed by atoms with E-state index in [9.17, 15) is 4.39 Å². The number of benzene rings is 2. The van der Waals surface area contributed by atoms with Crippen LogP contribution in [0.5, 0.6) is 5.75 Å². The van der Waals surface area contributed by atoms with E-state index in [2.05, 4.69) is 15.2 Å². The monoisotopic (exact) mass is 406 g/mol. The largest absolute Gasteiger partial charge is 0.494 e. The fourth-order valence-electron chi connectivity index (χ4n) is 2.90. The predicted molar refractivity (Wildman–Crippen MR) is 112 cm³/mol. The number of thioether (sulfide) groups is 1. The molecule has 146 valence electrons. The van der Waals surface area contributed by atoms with E-state index in [0.717, 1.165) is 17.0 Å². The minimum Gasteiger partial charge on any atom is -0.494 e. The molecule has 0 spiro atoms. The topological polar surface area (TPSA) is 52.8 Å². The van der Waals surface area contributed by atoms with Gasteiger partial charge in [-0.05, 0) is 55.0 Å². The highest BCUT2D eigenvalue weighted by Gasteiger charge is 2.17. The van der Waals surface area contributed by atoms with Gasteiger partial charge in [-0.15, -0.1) is 10.2 Å². The fourth-order valence-corrected chi connectivity index (χ4v) is 3.84. The lowest BCUT2D eigenvalue weighted by atomic mass is 10.2. The number of ether oxygens (including phenoxy) is 1. The molecule has 0 N–H and O–H groups in total. The molecule has 0 amide bonds. The molecule has 0 aliphatic heterocycles. The average molecular weight is 406 g/mol. The van der Waals surface area contributed by atoms with E-state index in [-0.39, 0.29) is 5.82 Å². The number of nitrogens with zero attached hydrogens (tertiary/aromatic N) is 4. The van der Waals surface area contributed by atoms with Gasteiger partial charge in [-0.1, -0.05) is 30.0 Å². The van der Waals surface area contributed by atoms with Crippen LogP contribution in [0.3, 0.4) is 0 Å². The SMILES string of the molecule is CCOc1ccc(-n2c(SCc3ccccc3F)nnc2-c2ccncc2)cc1. The van der Waals surface area contributed by atoms with Crippen molar-refractivity contribution in [3.05, 3.63) is 84.4 Å². The van der Waals surface area contributed by atoms with E-state index in [1.54, 1.807) is 24.5 Å². The lowest BCUT2D eigenvalue weighted by Gasteiger charge is -2.11. The van der Waals surface area contributed by atoms with Crippen molar-refractivity contribution < 1.29 is 9.13 Å². The van der Waals surface area contributed by atoms with Gasteiger partial charge in [0.2, 0.25) is 0 Å². The van der Waals surface area contributed by atoms with Crippen molar-refractivity contribution in [1.29, 1.82) is 0 Å². The number of hydrogen-bond donors (Lipinski definition) is 0. The Bertz CT molecular complexity index is 1080. The van der Waals surface area contributed by atoms with Crippen LogP contribution in [-0.4, -0.2) is 26.4 Å². The quantitative estimate of drug-likeness (QED) is 0.397. The molecular formula is C22H19FN4OS. The zero-order valence-electron chi connectivity index (χ0n) is 15.8. The normalized spacial score (nSPS) is 10.8. The summed E-state index contributed by atoms with van der Waals surface area (Å²) in [5, 5.41) is 9.45. The summed E-state index contributed by atoms with van der Waals surface area (Å²) in [7, 11) is 0. The van der Waals surface area contributed by atoms with E-state index in [0.29, 0.717) is 28.9 Å². The van der Waals surface area contributed by atoms with Gasteiger partial charge in [-0.3, -0.25) is 9.55 Å². The molecule has 0 bridgehead atoms. The van der Waals surface area contributed by atoms with Gasteiger partial charge < -0.3 is 4.74 Å². The predicted octanol–water partition coefficient (Wildman–Crippen LogP) is 5.16. The smallest absolute Gasteiger partial charge is 0.196 e. The summed E-state index contributed by atoms with van der Waals surface area (Å²) in [6, 6.07) is 18.3. The van der Waals surface area contributed by atoms with Crippen LogP contribution in [0.2, 0.25) is 0 Å². The average Bonchev–Trinajstić information content (AvgIpc) is 3.18. The van der Waals surface area contributed by atoms with Crippen LogP contribution in [0.15, 0.2) is 78.2 Å². The molecule has 0 saturated heterocycles. The standard InChI is InChI=1S/C22H19FN4OS/c1-2-28-19-9-7-18(8-10-19)27-21(16-11-13-24-14-12-16)25-26-22(27)29-15-17-5-3-4-6-20(17)23/h3-14H,2,15H2,1H3. The Morgan fingerprint density at radius 1 is 0.966 bits per heavy atom. The molecule has 0 unspecified atom stereocenters. The van der Waals surface area contributed by atoms with E-state index in [4.69, 9.17) is 4.74 Å². The van der Waals surface area contributed by atoms with Gasteiger partial charge in [-0.25, -0.2) is 4.39 Å². The summed E-state index contributed by atoms with van der Waals surface area (Å²) in [4.78, 5) is 4.08. The van der Waals surface area contributed by atoms with Gasteiger partial charge in [0, 0.05) is 29.4 Å². The van der Waals surface area contributed by atoms with Crippen molar-refractivity contribution in [3.63, 3.8) is 0 Å². The first-order valence-corrected chi connectivity index (χ1v) is 10.2. The fraction of sp³-hybridized carbons (Fsp3) is 0.136. The Hall–Kier alpha value is -3.19. The van der Waals surface area contributed by atoms with Crippen molar-refractivity contribution in [2.75, 3.05) is 6.61 Å². The van der Waals surface area contributed by atoms with Crippen LogP contribution < -0.4 is 4.74 Å². The Labute approximate surface area is 172 Å². The minimum absolute atomic E-state index is 0.221. The molecule has 29 heavy (non-hydrogen) atoms. The molecule has 5 nitrogen and oxygen atoms in total. The molecule has 2 heterocycles. The van der Waals surface area contributed by atoms with Crippen molar-refractivity contribution >= 4 is 11.8 Å². The van der Waals surface area contributed by atoms with Crippen molar-refractivity contribution in [2.45, 2.75) is 17.8 Å². The highest BCUT2D eigenvalue weighted by atomic mass is 32.2. The van der Waals surface area contributed by atoms with Gasteiger partial charge in [-0.2, -0.15) is 0 Å². The number of rotatable bonds is 7. The molecule has 4 rings (SSSR count). The van der Waals surface area contributed by atoms with Crippen LogP contribution in [-0.2, 0) is 5.75 Å². The second-order valence-corrected chi connectivity index (χ2v) is 7.13. The third-order valence-electron chi connectivity index (χ3n) is 4.29. The Morgan fingerprint density at radius 2 is 1.72 bits per heavy atom. The lowest BCUT2D eigenvalue weighted by Crippen LogP contribution is -2.00. The molecule has 0 atom stereocenters. The molecule has 2 aromatic carbocycles. The van der Waals surface area contributed by atoms with Gasteiger partial charge in [0.05, 0.1) is 6.61 Å². The first-order chi connectivity index (χ1) is 14.3. The van der Waals surface area contributed by atoms with Gasteiger partial charge in [0.15, 0.2) is 11.0 Å². The third kappa shape index (κ3) is 4.30. The van der Waals surface area contributed by atoms with Gasteiger partial charge in [0.1, 0.15) is 11.6 Å². The summed E-state index contributed by atoms with van der Waals surface area (Å²) in [5.74, 6) is 1.74. The molecular weight excluding hydrogens is 387 g/mol. The van der Waals surface area contributed by atoms with E-state index in [1.807, 2.05) is 54.0 Å². The van der Waals surface area contributed by atoms with E-state index >= 15 is 0 Å². The maximum Gasteiger partial charge on any atom is 0.196 e. The summed E-state index contributed by atoms with van der Waals surface area (Å²) >= 11 is 1.44. The lowest BCUT2D eigenvalue weighted by molar-refractivity contribution is 0.340. The summed E-state index contributed by atoms with van der Waals surface area (Å²) in [6.45, 7) is 2.56. The van der Waals surface area contributed by atoms with Crippen molar-refractivity contribution in [3.8, 4) is 22.8 Å². The van der Waals surface area contributed by atoms with Crippen LogP contribution in [0.25, 0.3) is 17.1 Å². The van der Waals surface area contributed by atoms with Crippen molar-refractivity contribution in [1.82, 2.24) is 19.7 Å². The van der Waals surface area contributed by atoms with Crippen molar-refractivity contribution in [2.24, 2.45) is 0 Å². The second kappa shape index (κ2) is 8.87. The summed E-state index contributed by atoms with van der Waals surface area (Å²) < 4.78 is 21.5. The molecule has 0 saturated carbocycles. The Balaban J connectivity index is 1.71. The van der Waals surface area contributed by atoms with E-state index < -0.39 is 0 Å². The first kappa shape index (κ1) is 19.1.